The van der Waals surface area contributed by atoms with Gasteiger partial charge >= 0.3 is 0 Å². The lowest BCUT2D eigenvalue weighted by molar-refractivity contribution is 0.641. The Labute approximate surface area is 112 Å². The average molecular weight is 253 g/mol. The molecule has 0 aromatic heterocycles. The fourth-order valence-corrected chi connectivity index (χ4v) is 4.16. The van der Waals surface area contributed by atoms with Crippen LogP contribution in [0.5, 0.6) is 0 Å². The molecule has 1 unspecified atom stereocenters. The van der Waals surface area contributed by atoms with Gasteiger partial charge in [-0.2, -0.15) is 0 Å². The van der Waals surface area contributed by atoms with E-state index in [1.54, 1.807) is 0 Å². The molecule has 2 aliphatic heterocycles. The zero-order chi connectivity index (χ0) is 12.1. The van der Waals surface area contributed by atoms with Crippen molar-refractivity contribution < 1.29 is 0 Å². The van der Waals surface area contributed by atoms with Crippen molar-refractivity contribution in [1.82, 2.24) is 0 Å². The monoisotopic (exact) mass is 253 g/mol. The Morgan fingerprint density at radius 1 is 1.06 bits per heavy atom. The van der Waals surface area contributed by atoms with Gasteiger partial charge < -0.3 is 4.90 Å². The largest absolute Gasteiger partial charge is 0.339 e. The summed E-state index contributed by atoms with van der Waals surface area (Å²) in [6.07, 6.45) is 1.25. The van der Waals surface area contributed by atoms with Crippen LogP contribution < -0.4 is 4.90 Å². The Bertz CT molecular complexity index is 620. The Hall–Kier alpha value is -1.41. The van der Waals surface area contributed by atoms with Gasteiger partial charge in [0.25, 0.3) is 0 Å². The zero-order valence-corrected chi connectivity index (χ0v) is 11.2. The molecule has 0 N–H and O–H groups in total. The first-order valence-electron chi connectivity index (χ1n) is 6.52. The summed E-state index contributed by atoms with van der Waals surface area (Å²) in [5.41, 5.74) is 4.36. The summed E-state index contributed by atoms with van der Waals surface area (Å²) < 4.78 is 0. The number of hydrogen-bond donors (Lipinski definition) is 0. The van der Waals surface area contributed by atoms with Crippen molar-refractivity contribution in [3.63, 3.8) is 0 Å². The van der Waals surface area contributed by atoms with Gasteiger partial charge in [-0.1, -0.05) is 43.0 Å². The van der Waals surface area contributed by atoms with Gasteiger partial charge in [0.15, 0.2) is 0 Å². The molecule has 2 aromatic carbocycles. The molecule has 1 nitrogen and oxygen atoms in total. The number of hydrogen-bond acceptors (Lipinski definition) is 2. The van der Waals surface area contributed by atoms with E-state index in [1.165, 1.54) is 33.2 Å². The lowest BCUT2D eigenvalue weighted by atomic mass is 9.91. The molecule has 0 radical (unpaired) electrons. The van der Waals surface area contributed by atoms with Gasteiger partial charge in [0, 0.05) is 16.3 Å². The first-order chi connectivity index (χ1) is 8.84. The Balaban J connectivity index is 1.98. The van der Waals surface area contributed by atoms with Crippen LogP contribution in [0.1, 0.15) is 24.8 Å². The quantitative estimate of drug-likeness (QED) is 0.663. The average Bonchev–Trinajstić information content (AvgIpc) is 2.42. The summed E-state index contributed by atoms with van der Waals surface area (Å²) in [4.78, 5) is 5.31. The Morgan fingerprint density at radius 2 is 1.89 bits per heavy atom. The second kappa shape index (κ2) is 3.79. The van der Waals surface area contributed by atoms with Crippen LogP contribution in [-0.4, -0.2) is 6.54 Å². The highest BCUT2D eigenvalue weighted by atomic mass is 32.2. The van der Waals surface area contributed by atoms with Crippen LogP contribution in [0.15, 0.2) is 52.3 Å². The van der Waals surface area contributed by atoms with Crippen molar-refractivity contribution in [1.29, 1.82) is 0 Å². The molecule has 2 aromatic rings. The van der Waals surface area contributed by atoms with Crippen LogP contribution in [0.2, 0.25) is 0 Å². The number of fused-ring (bicyclic) bond motifs is 2. The minimum absolute atomic E-state index is 0.682. The van der Waals surface area contributed by atoms with E-state index in [1.807, 2.05) is 11.8 Å². The first-order valence-corrected chi connectivity index (χ1v) is 7.33. The number of anilines is 2. The zero-order valence-electron chi connectivity index (χ0n) is 10.4. The lowest BCUT2D eigenvalue weighted by Gasteiger charge is -2.39. The minimum Gasteiger partial charge on any atom is -0.339 e. The van der Waals surface area contributed by atoms with Crippen molar-refractivity contribution in [3.05, 3.63) is 48.0 Å². The van der Waals surface area contributed by atoms with E-state index < -0.39 is 0 Å². The number of rotatable bonds is 0. The van der Waals surface area contributed by atoms with Gasteiger partial charge in [0.05, 0.1) is 11.4 Å². The normalized spacial score (nSPS) is 20.3. The predicted molar refractivity (Wildman–Crippen MR) is 77.0 cm³/mol. The number of para-hydroxylation sites is 2. The molecule has 0 saturated carbocycles. The fraction of sp³-hybridized carbons (Fsp3) is 0.250. The first kappa shape index (κ1) is 10.5. The Morgan fingerprint density at radius 3 is 2.83 bits per heavy atom. The molecule has 1 atom stereocenters. The van der Waals surface area contributed by atoms with Crippen molar-refractivity contribution in [3.8, 4) is 0 Å². The third kappa shape index (κ3) is 1.36. The topological polar surface area (TPSA) is 3.24 Å². The summed E-state index contributed by atoms with van der Waals surface area (Å²) in [6, 6.07) is 15.5. The van der Waals surface area contributed by atoms with Gasteiger partial charge in [-0.05, 0) is 36.1 Å². The van der Waals surface area contributed by atoms with Crippen LogP contribution in [0, 0.1) is 0 Å². The summed E-state index contributed by atoms with van der Waals surface area (Å²) >= 11 is 1.91. The van der Waals surface area contributed by atoms with E-state index in [0.29, 0.717) is 5.92 Å². The highest BCUT2D eigenvalue weighted by molar-refractivity contribution is 7.99. The van der Waals surface area contributed by atoms with E-state index in [0.717, 1.165) is 6.54 Å². The van der Waals surface area contributed by atoms with Crippen molar-refractivity contribution in [2.45, 2.75) is 29.1 Å². The fourth-order valence-electron chi connectivity index (χ4n) is 3.02. The second-order valence-corrected chi connectivity index (χ2v) is 6.19. The van der Waals surface area contributed by atoms with Gasteiger partial charge in [-0.25, -0.2) is 0 Å². The summed E-state index contributed by atoms with van der Waals surface area (Å²) in [6.45, 7) is 3.49. The molecule has 0 aliphatic carbocycles. The van der Waals surface area contributed by atoms with Gasteiger partial charge in [-0.15, -0.1) is 0 Å². The van der Waals surface area contributed by atoms with E-state index >= 15 is 0 Å². The molecule has 4 rings (SSSR count). The molecule has 0 amide bonds. The van der Waals surface area contributed by atoms with Crippen LogP contribution in [0.4, 0.5) is 11.4 Å². The summed E-state index contributed by atoms with van der Waals surface area (Å²) in [7, 11) is 0. The molecular weight excluding hydrogens is 238 g/mol. The van der Waals surface area contributed by atoms with E-state index in [4.69, 9.17) is 0 Å². The van der Waals surface area contributed by atoms with E-state index in [-0.39, 0.29) is 0 Å². The standard InChI is InChI=1S/C16H15NS/c1-11-9-10-17-13-6-2-3-7-14(13)18-15-8-4-5-12(11)16(15)17/h2-8,11H,9-10H2,1H3. The van der Waals surface area contributed by atoms with E-state index in [9.17, 15) is 0 Å². The van der Waals surface area contributed by atoms with Crippen molar-refractivity contribution in [2.24, 2.45) is 0 Å². The van der Waals surface area contributed by atoms with Crippen LogP contribution in [0.3, 0.4) is 0 Å². The molecule has 0 saturated heterocycles. The van der Waals surface area contributed by atoms with Gasteiger partial charge in [0.1, 0.15) is 0 Å². The SMILES string of the molecule is CC1CCN2c3ccccc3Sc3cccc1c32. The third-order valence-corrected chi connectivity index (χ3v) is 5.11. The Kier molecular flexibility index (Phi) is 2.21. The number of nitrogens with zero attached hydrogens (tertiary/aromatic N) is 1. The predicted octanol–water partition coefficient (Wildman–Crippen LogP) is 4.80. The molecule has 0 fully saturated rings. The minimum atomic E-state index is 0.682. The highest BCUT2D eigenvalue weighted by Crippen LogP contribution is 2.52. The molecule has 2 aliphatic rings. The van der Waals surface area contributed by atoms with Crippen LogP contribution >= 0.6 is 11.8 Å². The summed E-state index contributed by atoms with van der Waals surface area (Å²) in [5.74, 6) is 0.682. The molecule has 18 heavy (non-hydrogen) atoms. The van der Waals surface area contributed by atoms with Gasteiger partial charge in [-0.3, -0.25) is 0 Å². The molecule has 0 spiro atoms. The molecule has 90 valence electrons. The van der Waals surface area contributed by atoms with Crippen molar-refractivity contribution >= 4 is 23.1 Å². The molecule has 2 heterocycles. The summed E-state index contributed by atoms with van der Waals surface area (Å²) in [5, 5.41) is 0. The maximum Gasteiger partial charge on any atom is 0.0588 e. The van der Waals surface area contributed by atoms with Gasteiger partial charge in [0.2, 0.25) is 0 Å². The molecule has 2 heteroatoms. The molecule has 0 bridgehead atoms. The second-order valence-electron chi connectivity index (χ2n) is 5.11. The number of benzene rings is 2. The lowest BCUT2D eigenvalue weighted by Crippen LogP contribution is -2.28. The van der Waals surface area contributed by atoms with Crippen LogP contribution in [0.25, 0.3) is 0 Å². The van der Waals surface area contributed by atoms with E-state index in [2.05, 4.69) is 54.3 Å². The maximum absolute atomic E-state index is 2.51. The molecular formula is C16H15NS. The van der Waals surface area contributed by atoms with Crippen LogP contribution in [-0.2, 0) is 0 Å². The highest BCUT2D eigenvalue weighted by Gasteiger charge is 2.30. The van der Waals surface area contributed by atoms with Crippen molar-refractivity contribution in [2.75, 3.05) is 11.4 Å². The smallest absolute Gasteiger partial charge is 0.0588 e. The maximum atomic E-state index is 2.51. The third-order valence-electron chi connectivity index (χ3n) is 3.99.